The molecule has 2 aliphatic rings. The van der Waals surface area contributed by atoms with E-state index in [9.17, 15) is 14.4 Å². The lowest BCUT2D eigenvalue weighted by atomic mass is 10.0. The van der Waals surface area contributed by atoms with Crippen molar-refractivity contribution in [3.8, 4) is 0 Å². The first-order valence-corrected chi connectivity index (χ1v) is 6.93. The molecule has 0 radical (unpaired) electrons. The summed E-state index contributed by atoms with van der Waals surface area (Å²) in [5.74, 6) is -0.372. The van der Waals surface area contributed by atoms with Gasteiger partial charge >= 0.3 is 6.09 Å². The van der Waals surface area contributed by atoms with E-state index in [-0.39, 0.29) is 30.9 Å². The molecule has 2 heterocycles. The van der Waals surface area contributed by atoms with E-state index in [1.54, 1.807) is 29.2 Å². The Morgan fingerprint density at radius 3 is 2.48 bits per heavy atom. The Labute approximate surface area is 126 Å². The molecule has 7 heteroatoms. The summed E-state index contributed by atoms with van der Waals surface area (Å²) >= 11 is 5.79. The number of ether oxygens (including phenoxy) is 1. The van der Waals surface area contributed by atoms with E-state index in [4.69, 9.17) is 11.6 Å². The number of likely N-dealkylation sites (tertiary alicyclic amines) is 1. The van der Waals surface area contributed by atoms with Gasteiger partial charge in [0.1, 0.15) is 0 Å². The van der Waals surface area contributed by atoms with Gasteiger partial charge in [0.25, 0.3) is 5.91 Å². The molecule has 0 aromatic heterocycles. The van der Waals surface area contributed by atoms with E-state index in [0.717, 1.165) is 10.5 Å². The summed E-state index contributed by atoms with van der Waals surface area (Å²) in [6, 6.07) is 6.82. The molecule has 3 rings (SSSR count). The number of carbonyl (C=O) groups is 3. The number of hydrogen-bond donors (Lipinski definition) is 0. The van der Waals surface area contributed by atoms with E-state index in [1.807, 2.05) is 0 Å². The highest BCUT2D eigenvalue weighted by Gasteiger charge is 2.44. The van der Waals surface area contributed by atoms with Gasteiger partial charge in [0.05, 0.1) is 12.5 Å². The Balaban J connectivity index is 1.54. The molecule has 2 fully saturated rings. The van der Waals surface area contributed by atoms with Gasteiger partial charge in [-0.25, -0.2) is 9.69 Å². The summed E-state index contributed by atoms with van der Waals surface area (Å²) in [4.78, 5) is 37.7. The highest BCUT2D eigenvalue weighted by molar-refractivity contribution is 6.30. The van der Waals surface area contributed by atoms with Crippen LogP contribution in [0.5, 0.6) is 0 Å². The number of amides is 3. The molecule has 3 amide bonds. The van der Waals surface area contributed by atoms with E-state index in [0.29, 0.717) is 18.1 Å². The summed E-state index contributed by atoms with van der Waals surface area (Å²) in [6.45, 7) is 0.536. The van der Waals surface area contributed by atoms with Crippen molar-refractivity contribution in [3.63, 3.8) is 0 Å². The zero-order chi connectivity index (χ0) is 15.0. The van der Waals surface area contributed by atoms with Gasteiger partial charge in [-0.2, -0.15) is 0 Å². The molecule has 21 heavy (non-hydrogen) atoms. The van der Waals surface area contributed by atoms with Crippen LogP contribution in [0.15, 0.2) is 24.3 Å². The quantitative estimate of drug-likeness (QED) is 0.838. The molecule has 0 aliphatic carbocycles. The highest BCUT2D eigenvalue weighted by Crippen LogP contribution is 2.21. The molecular formula is C14H13ClN2O4. The molecule has 0 N–H and O–H groups in total. The van der Waals surface area contributed by atoms with Crippen LogP contribution < -0.4 is 0 Å². The van der Waals surface area contributed by atoms with Crippen molar-refractivity contribution in [2.45, 2.75) is 12.5 Å². The molecule has 0 atom stereocenters. The monoisotopic (exact) mass is 308 g/mol. The second kappa shape index (κ2) is 5.37. The predicted octanol–water partition coefficient (Wildman–Crippen LogP) is 1.07. The van der Waals surface area contributed by atoms with Gasteiger partial charge in [-0.05, 0) is 17.7 Å². The van der Waals surface area contributed by atoms with Crippen LogP contribution in [0.1, 0.15) is 5.56 Å². The first kappa shape index (κ1) is 13.9. The lowest BCUT2D eigenvalue weighted by Gasteiger charge is -2.42. The summed E-state index contributed by atoms with van der Waals surface area (Å²) in [5, 5.41) is 0.626. The number of halogens is 1. The number of rotatable bonds is 3. The van der Waals surface area contributed by atoms with Crippen molar-refractivity contribution in [3.05, 3.63) is 34.9 Å². The van der Waals surface area contributed by atoms with Gasteiger partial charge in [-0.15, -0.1) is 0 Å². The lowest BCUT2D eigenvalue weighted by Crippen LogP contribution is -2.62. The molecule has 1 aromatic carbocycles. The van der Waals surface area contributed by atoms with Crippen molar-refractivity contribution < 1.29 is 19.1 Å². The minimum atomic E-state index is -0.616. The second-order valence-electron chi connectivity index (χ2n) is 5.07. The van der Waals surface area contributed by atoms with E-state index in [1.165, 1.54) is 0 Å². The van der Waals surface area contributed by atoms with E-state index >= 15 is 0 Å². The number of nitrogens with zero attached hydrogens (tertiary/aromatic N) is 2. The van der Waals surface area contributed by atoms with E-state index in [2.05, 4.69) is 4.74 Å². The fraction of sp³-hybridized carbons (Fsp3) is 0.357. The van der Waals surface area contributed by atoms with Crippen LogP contribution in [0, 0.1) is 0 Å². The van der Waals surface area contributed by atoms with Crippen LogP contribution >= 0.6 is 11.6 Å². The van der Waals surface area contributed by atoms with Gasteiger partial charge in [0.2, 0.25) is 5.91 Å². The van der Waals surface area contributed by atoms with E-state index < -0.39 is 6.09 Å². The van der Waals surface area contributed by atoms with Gasteiger partial charge in [0.15, 0.2) is 6.61 Å². The SMILES string of the molecule is O=C(Cc1ccc(Cl)cc1)N1CC(N2C(=O)COC2=O)C1. The topological polar surface area (TPSA) is 66.9 Å². The van der Waals surface area contributed by atoms with Gasteiger partial charge in [-0.3, -0.25) is 9.59 Å². The largest absolute Gasteiger partial charge is 0.439 e. The van der Waals surface area contributed by atoms with Crippen LogP contribution in [0.25, 0.3) is 0 Å². The third-order valence-corrected chi connectivity index (χ3v) is 3.89. The summed E-state index contributed by atoms with van der Waals surface area (Å²) in [6.07, 6.45) is -0.336. The molecule has 2 aliphatic heterocycles. The summed E-state index contributed by atoms with van der Waals surface area (Å²) in [7, 11) is 0. The molecule has 0 bridgehead atoms. The van der Waals surface area contributed by atoms with Crippen molar-refractivity contribution in [1.29, 1.82) is 0 Å². The zero-order valence-electron chi connectivity index (χ0n) is 11.1. The maximum Gasteiger partial charge on any atom is 0.417 e. The van der Waals surface area contributed by atoms with Crippen molar-refractivity contribution >= 4 is 29.5 Å². The van der Waals surface area contributed by atoms with Crippen LogP contribution in [0.3, 0.4) is 0 Å². The van der Waals surface area contributed by atoms with Crippen molar-refractivity contribution in [1.82, 2.24) is 9.80 Å². The molecule has 1 aromatic rings. The Bertz CT molecular complexity index is 579. The second-order valence-corrected chi connectivity index (χ2v) is 5.51. The first-order valence-electron chi connectivity index (χ1n) is 6.55. The van der Waals surface area contributed by atoms with Gasteiger partial charge in [0, 0.05) is 18.1 Å². The zero-order valence-corrected chi connectivity index (χ0v) is 11.9. The Morgan fingerprint density at radius 1 is 1.24 bits per heavy atom. The van der Waals surface area contributed by atoms with Crippen LogP contribution in [0.2, 0.25) is 5.02 Å². The summed E-state index contributed by atoms with van der Waals surface area (Å²) in [5.41, 5.74) is 0.879. The molecule has 6 nitrogen and oxygen atoms in total. The first-order chi connectivity index (χ1) is 10.0. The molecule has 2 saturated heterocycles. The minimum absolute atomic E-state index is 0.0337. The highest BCUT2D eigenvalue weighted by atomic mass is 35.5. The van der Waals surface area contributed by atoms with Crippen molar-refractivity contribution in [2.75, 3.05) is 19.7 Å². The maximum absolute atomic E-state index is 12.1. The molecule has 0 saturated carbocycles. The minimum Gasteiger partial charge on any atom is -0.439 e. The molecule has 0 spiro atoms. The molecule has 110 valence electrons. The third-order valence-electron chi connectivity index (χ3n) is 3.63. The third kappa shape index (κ3) is 2.71. The smallest absolute Gasteiger partial charge is 0.417 e. The normalized spacial score (nSPS) is 18.7. The van der Waals surface area contributed by atoms with Crippen LogP contribution in [-0.2, 0) is 20.7 Å². The van der Waals surface area contributed by atoms with Crippen LogP contribution in [-0.4, -0.2) is 53.4 Å². The lowest BCUT2D eigenvalue weighted by molar-refractivity contribution is -0.141. The number of carbonyl (C=O) groups excluding carboxylic acids is 3. The number of imide groups is 1. The fourth-order valence-electron chi connectivity index (χ4n) is 2.43. The Kier molecular flexibility index (Phi) is 3.55. The fourth-order valence-corrected chi connectivity index (χ4v) is 2.55. The number of hydrogen-bond acceptors (Lipinski definition) is 4. The molecular weight excluding hydrogens is 296 g/mol. The van der Waals surface area contributed by atoms with Gasteiger partial charge in [-0.1, -0.05) is 23.7 Å². The average molecular weight is 309 g/mol. The standard InChI is InChI=1S/C14H13ClN2O4/c15-10-3-1-9(2-4-10)5-12(18)16-6-11(7-16)17-13(19)8-21-14(17)20/h1-4,11H,5-8H2. The van der Waals surface area contributed by atoms with Crippen molar-refractivity contribution in [2.24, 2.45) is 0 Å². The predicted molar refractivity (Wildman–Crippen MR) is 73.7 cm³/mol. The molecule has 0 unspecified atom stereocenters. The Morgan fingerprint density at radius 2 is 1.90 bits per heavy atom. The average Bonchev–Trinajstić information content (AvgIpc) is 2.72. The Hall–Kier alpha value is -2.08. The summed E-state index contributed by atoms with van der Waals surface area (Å²) < 4.78 is 4.66. The number of cyclic esters (lactones) is 1. The number of benzene rings is 1. The van der Waals surface area contributed by atoms with Crippen LogP contribution in [0.4, 0.5) is 4.79 Å². The van der Waals surface area contributed by atoms with Gasteiger partial charge < -0.3 is 9.64 Å². The maximum atomic E-state index is 12.1.